The van der Waals surface area contributed by atoms with Crippen molar-refractivity contribution in [3.63, 3.8) is 0 Å². The molecule has 26 heavy (non-hydrogen) atoms. The summed E-state index contributed by atoms with van der Waals surface area (Å²) in [5.74, 6) is 0.851. The standard InChI is InChI=1S/C18H31N5O.2ClH/c1-15(2)14-22-12-4-16(5-13-22)21-17(24)18(6-9-19-10-7-18)23-11-3-8-20-23;;/h3,8,11,15-16,19H,4-7,9-10,12-14H2,1-2H3,(H,21,24);2*1H. The van der Waals surface area contributed by atoms with Gasteiger partial charge in [-0.2, -0.15) is 5.10 Å². The number of aromatic nitrogens is 2. The molecule has 0 atom stereocenters. The van der Waals surface area contributed by atoms with E-state index >= 15 is 0 Å². The summed E-state index contributed by atoms with van der Waals surface area (Å²) in [5, 5.41) is 11.1. The molecule has 0 unspecified atom stereocenters. The van der Waals surface area contributed by atoms with Gasteiger partial charge < -0.3 is 15.5 Å². The Morgan fingerprint density at radius 2 is 1.92 bits per heavy atom. The largest absolute Gasteiger partial charge is 0.351 e. The molecule has 2 saturated heterocycles. The normalized spacial score (nSPS) is 20.9. The second-order valence-electron chi connectivity index (χ2n) is 7.67. The number of hydrogen-bond acceptors (Lipinski definition) is 4. The third-order valence-electron chi connectivity index (χ3n) is 5.34. The fraction of sp³-hybridized carbons (Fsp3) is 0.778. The molecule has 0 aliphatic carbocycles. The first kappa shape index (κ1) is 23.2. The predicted molar refractivity (Wildman–Crippen MR) is 109 cm³/mol. The fourth-order valence-electron chi connectivity index (χ4n) is 4.02. The van der Waals surface area contributed by atoms with Crippen LogP contribution in [0.15, 0.2) is 18.5 Å². The van der Waals surface area contributed by atoms with E-state index in [0.29, 0.717) is 12.0 Å². The van der Waals surface area contributed by atoms with Gasteiger partial charge in [0, 0.05) is 38.1 Å². The van der Waals surface area contributed by atoms with Gasteiger partial charge in [0.15, 0.2) is 0 Å². The topological polar surface area (TPSA) is 62.2 Å². The van der Waals surface area contributed by atoms with Crippen molar-refractivity contribution in [2.24, 2.45) is 5.92 Å². The van der Waals surface area contributed by atoms with E-state index in [0.717, 1.165) is 58.4 Å². The molecular formula is C18H33Cl2N5O. The number of hydrogen-bond donors (Lipinski definition) is 2. The van der Waals surface area contributed by atoms with E-state index in [4.69, 9.17) is 0 Å². The lowest BCUT2D eigenvalue weighted by Crippen LogP contribution is -2.57. The molecule has 3 heterocycles. The Morgan fingerprint density at radius 1 is 1.27 bits per heavy atom. The number of carbonyl (C=O) groups is 1. The smallest absolute Gasteiger partial charge is 0.248 e. The van der Waals surface area contributed by atoms with Crippen LogP contribution in [-0.4, -0.2) is 59.4 Å². The van der Waals surface area contributed by atoms with Crippen LogP contribution in [0.4, 0.5) is 0 Å². The van der Waals surface area contributed by atoms with Crippen LogP contribution in [0.25, 0.3) is 0 Å². The monoisotopic (exact) mass is 405 g/mol. The number of carbonyl (C=O) groups excluding carboxylic acids is 1. The molecule has 2 N–H and O–H groups in total. The van der Waals surface area contributed by atoms with Gasteiger partial charge in [-0.25, -0.2) is 0 Å². The molecule has 0 saturated carbocycles. The molecule has 0 bridgehead atoms. The molecule has 0 spiro atoms. The van der Waals surface area contributed by atoms with Gasteiger partial charge in [0.05, 0.1) is 0 Å². The fourth-order valence-corrected chi connectivity index (χ4v) is 4.02. The van der Waals surface area contributed by atoms with Crippen LogP contribution in [0.5, 0.6) is 0 Å². The average molecular weight is 406 g/mol. The highest BCUT2D eigenvalue weighted by molar-refractivity contribution is 5.86. The SMILES string of the molecule is CC(C)CN1CCC(NC(=O)C2(n3cccn3)CCNCC2)CC1.Cl.Cl. The molecule has 1 aromatic rings. The third kappa shape index (κ3) is 5.35. The first-order valence-corrected chi connectivity index (χ1v) is 9.34. The maximum Gasteiger partial charge on any atom is 0.248 e. The second kappa shape index (κ2) is 10.5. The quantitative estimate of drug-likeness (QED) is 0.786. The summed E-state index contributed by atoms with van der Waals surface area (Å²) in [7, 11) is 0. The summed E-state index contributed by atoms with van der Waals surface area (Å²) in [6.45, 7) is 9.57. The minimum Gasteiger partial charge on any atom is -0.351 e. The van der Waals surface area contributed by atoms with E-state index in [2.05, 4.69) is 34.5 Å². The van der Waals surface area contributed by atoms with E-state index in [9.17, 15) is 4.79 Å². The molecule has 2 fully saturated rings. The number of nitrogens with one attached hydrogen (secondary N) is 2. The highest BCUT2D eigenvalue weighted by atomic mass is 35.5. The van der Waals surface area contributed by atoms with Gasteiger partial charge in [-0.15, -0.1) is 24.8 Å². The van der Waals surface area contributed by atoms with Crippen molar-refractivity contribution in [1.29, 1.82) is 0 Å². The Kier molecular flexibility index (Phi) is 9.38. The first-order chi connectivity index (χ1) is 11.6. The van der Waals surface area contributed by atoms with Crippen LogP contribution >= 0.6 is 24.8 Å². The minimum atomic E-state index is -0.524. The van der Waals surface area contributed by atoms with Gasteiger partial charge in [-0.05, 0) is 50.8 Å². The zero-order valence-electron chi connectivity index (χ0n) is 15.8. The molecule has 0 aromatic carbocycles. The van der Waals surface area contributed by atoms with Crippen LogP contribution in [0.2, 0.25) is 0 Å². The van der Waals surface area contributed by atoms with Crippen molar-refractivity contribution in [3.05, 3.63) is 18.5 Å². The first-order valence-electron chi connectivity index (χ1n) is 9.34. The van der Waals surface area contributed by atoms with Gasteiger partial charge >= 0.3 is 0 Å². The second-order valence-corrected chi connectivity index (χ2v) is 7.67. The van der Waals surface area contributed by atoms with Crippen molar-refractivity contribution in [2.45, 2.75) is 51.1 Å². The third-order valence-corrected chi connectivity index (χ3v) is 5.34. The van der Waals surface area contributed by atoms with Gasteiger partial charge in [-0.3, -0.25) is 9.48 Å². The van der Waals surface area contributed by atoms with Crippen LogP contribution in [0.1, 0.15) is 39.5 Å². The predicted octanol–water partition coefficient (Wildman–Crippen LogP) is 2.04. The Balaban J connectivity index is 0.00000169. The van der Waals surface area contributed by atoms with E-state index < -0.39 is 5.54 Å². The molecule has 2 aliphatic heterocycles. The maximum atomic E-state index is 13.1. The number of rotatable bonds is 5. The van der Waals surface area contributed by atoms with Crippen molar-refractivity contribution in [1.82, 2.24) is 25.3 Å². The molecule has 3 rings (SSSR count). The van der Waals surface area contributed by atoms with Crippen molar-refractivity contribution in [2.75, 3.05) is 32.7 Å². The molecule has 1 amide bonds. The summed E-state index contributed by atoms with van der Waals surface area (Å²) in [6.07, 6.45) is 7.38. The summed E-state index contributed by atoms with van der Waals surface area (Å²) in [4.78, 5) is 15.6. The van der Waals surface area contributed by atoms with E-state index in [1.165, 1.54) is 0 Å². The zero-order valence-corrected chi connectivity index (χ0v) is 17.5. The van der Waals surface area contributed by atoms with Crippen LogP contribution in [0, 0.1) is 5.92 Å². The van der Waals surface area contributed by atoms with Crippen molar-refractivity contribution >= 4 is 30.7 Å². The molecule has 2 aliphatic rings. The number of likely N-dealkylation sites (tertiary alicyclic amines) is 1. The average Bonchev–Trinajstić information content (AvgIpc) is 3.12. The zero-order chi connectivity index (χ0) is 17.0. The summed E-state index contributed by atoms with van der Waals surface area (Å²) >= 11 is 0. The Morgan fingerprint density at radius 3 is 2.46 bits per heavy atom. The summed E-state index contributed by atoms with van der Waals surface area (Å²) in [5.41, 5.74) is -0.524. The van der Waals surface area contributed by atoms with Crippen molar-refractivity contribution < 1.29 is 4.79 Å². The molecule has 6 nitrogen and oxygen atoms in total. The lowest BCUT2D eigenvalue weighted by atomic mass is 9.86. The molecule has 0 radical (unpaired) electrons. The summed E-state index contributed by atoms with van der Waals surface area (Å²) in [6, 6.07) is 2.20. The van der Waals surface area contributed by atoms with E-state index in [1.807, 2.05) is 16.9 Å². The van der Waals surface area contributed by atoms with Crippen LogP contribution < -0.4 is 10.6 Å². The van der Waals surface area contributed by atoms with Gasteiger partial charge in [0.1, 0.15) is 5.54 Å². The van der Waals surface area contributed by atoms with Gasteiger partial charge in [-0.1, -0.05) is 13.8 Å². The lowest BCUT2D eigenvalue weighted by molar-refractivity contribution is -0.133. The van der Waals surface area contributed by atoms with Gasteiger partial charge in [0.25, 0.3) is 0 Å². The van der Waals surface area contributed by atoms with E-state index in [-0.39, 0.29) is 30.7 Å². The number of nitrogens with zero attached hydrogens (tertiary/aromatic N) is 3. The summed E-state index contributed by atoms with van der Waals surface area (Å²) < 4.78 is 1.87. The Hall–Kier alpha value is -0.820. The molecule has 150 valence electrons. The Bertz CT molecular complexity index is 524. The number of piperidine rings is 2. The van der Waals surface area contributed by atoms with Crippen LogP contribution in [-0.2, 0) is 10.3 Å². The lowest BCUT2D eigenvalue weighted by Gasteiger charge is -2.39. The molecule has 8 heteroatoms. The Labute approximate surface area is 169 Å². The highest BCUT2D eigenvalue weighted by Crippen LogP contribution is 2.28. The minimum absolute atomic E-state index is 0. The number of amides is 1. The molecular weight excluding hydrogens is 373 g/mol. The van der Waals surface area contributed by atoms with Crippen LogP contribution in [0.3, 0.4) is 0 Å². The highest BCUT2D eigenvalue weighted by Gasteiger charge is 2.42. The van der Waals surface area contributed by atoms with Gasteiger partial charge in [0.2, 0.25) is 5.91 Å². The van der Waals surface area contributed by atoms with E-state index in [1.54, 1.807) is 6.20 Å². The number of halogens is 2. The molecule has 1 aromatic heterocycles. The maximum absolute atomic E-state index is 13.1. The van der Waals surface area contributed by atoms with Crippen molar-refractivity contribution in [3.8, 4) is 0 Å².